The van der Waals surface area contributed by atoms with Crippen molar-refractivity contribution in [3.63, 3.8) is 0 Å². The van der Waals surface area contributed by atoms with Crippen LogP contribution in [0.25, 0.3) is 28.2 Å². The fourth-order valence-electron chi connectivity index (χ4n) is 5.63. The minimum Gasteiger partial charge on any atom is -0.394 e. The number of alkyl halides is 2. The molecule has 1 aliphatic heterocycles. The van der Waals surface area contributed by atoms with Gasteiger partial charge >= 0.3 is 0 Å². The zero-order valence-electron chi connectivity index (χ0n) is 24.7. The van der Waals surface area contributed by atoms with Gasteiger partial charge in [-0.05, 0) is 43.2 Å². The van der Waals surface area contributed by atoms with E-state index >= 15 is 0 Å². The average molecular weight is 650 g/mol. The van der Waals surface area contributed by atoms with Crippen LogP contribution < -0.4 is 10.9 Å². The number of nitrogens with zero attached hydrogens (tertiary/aromatic N) is 8. The minimum atomic E-state index is -2.80. The highest BCUT2D eigenvalue weighted by Crippen LogP contribution is 2.33. The lowest BCUT2D eigenvalue weighted by Gasteiger charge is -2.20. The van der Waals surface area contributed by atoms with Crippen LogP contribution in [0.3, 0.4) is 0 Å². The molecule has 12 nitrogen and oxygen atoms in total. The molecule has 0 saturated heterocycles. The minimum absolute atomic E-state index is 0.123. The van der Waals surface area contributed by atoms with Gasteiger partial charge in [-0.25, -0.2) is 18.4 Å². The molecular weight excluding hydrogens is 620 g/mol. The highest BCUT2D eigenvalue weighted by molar-refractivity contribution is 6.31. The molecule has 1 aromatic carbocycles. The second-order valence-corrected chi connectivity index (χ2v) is 11.5. The standard InChI is InChI=1S/C31H30ClF2N9O3/c1-18-4-2-3-5-27(23-12-19(8-9-35-23)29-24(38-31(18)46)15-37-42(29)10-11-44)41-17-36-22(14-28(41)45)21-13-20(32)6-7-26(21)43-16-25(30(33)34)39-40-43/h6-9,12-18,27,30,44H,2-5,10-11H2,1H3,(H,38,46). The number of amides is 1. The molecule has 2 bridgehead atoms. The number of halogens is 3. The predicted octanol–water partition coefficient (Wildman–Crippen LogP) is 5.07. The first-order valence-electron chi connectivity index (χ1n) is 14.8. The number of fused-ring (bicyclic) bond motifs is 4. The number of aromatic nitrogens is 8. The van der Waals surface area contributed by atoms with Crippen molar-refractivity contribution in [1.29, 1.82) is 0 Å². The second-order valence-electron chi connectivity index (χ2n) is 11.1. The van der Waals surface area contributed by atoms with E-state index in [0.717, 1.165) is 12.6 Å². The Kier molecular flexibility index (Phi) is 8.99. The van der Waals surface area contributed by atoms with Crippen LogP contribution in [0.4, 0.5) is 14.5 Å². The molecule has 2 atom stereocenters. The van der Waals surface area contributed by atoms with Crippen LogP contribution in [0, 0.1) is 5.92 Å². The highest BCUT2D eigenvalue weighted by Gasteiger charge is 2.24. The summed E-state index contributed by atoms with van der Waals surface area (Å²) >= 11 is 6.29. The zero-order valence-corrected chi connectivity index (χ0v) is 25.5. The van der Waals surface area contributed by atoms with Gasteiger partial charge < -0.3 is 10.4 Å². The maximum Gasteiger partial charge on any atom is 0.283 e. The van der Waals surface area contributed by atoms with Crippen LogP contribution in [0.15, 0.2) is 66.1 Å². The van der Waals surface area contributed by atoms with E-state index in [2.05, 4.69) is 30.7 Å². The van der Waals surface area contributed by atoms with Crippen LogP contribution in [0.1, 0.15) is 56.5 Å². The largest absolute Gasteiger partial charge is 0.394 e. The van der Waals surface area contributed by atoms with Crippen LogP contribution >= 0.6 is 11.6 Å². The first kappa shape index (κ1) is 31.2. The molecule has 0 saturated carbocycles. The molecule has 2 N–H and O–H groups in total. The van der Waals surface area contributed by atoms with E-state index in [-0.39, 0.29) is 36.2 Å². The van der Waals surface area contributed by atoms with Gasteiger partial charge in [-0.3, -0.25) is 23.8 Å². The number of carbonyl (C=O) groups excluding carboxylic acids is 1. The summed E-state index contributed by atoms with van der Waals surface area (Å²) in [6.45, 7) is 1.94. The molecule has 1 aliphatic rings. The molecule has 238 valence electrons. The van der Waals surface area contributed by atoms with Gasteiger partial charge in [0.05, 0.1) is 66.4 Å². The van der Waals surface area contributed by atoms with E-state index < -0.39 is 18.2 Å². The molecule has 5 aromatic rings. The number of aliphatic hydroxyl groups is 1. The topological polar surface area (TPSA) is 146 Å². The van der Waals surface area contributed by atoms with E-state index in [0.29, 0.717) is 58.2 Å². The lowest BCUT2D eigenvalue weighted by Crippen LogP contribution is -2.26. The predicted molar refractivity (Wildman–Crippen MR) is 166 cm³/mol. The van der Waals surface area contributed by atoms with Crippen molar-refractivity contribution in [1.82, 2.24) is 39.3 Å². The average Bonchev–Trinajstić information content (AvgIpc) is 3.69. The van der Waals surface area contributed by atoms with E-state index in [1.807, 2.05) is 13.0 Å². The number of benzene rings is 1. The number of aliphatic hydroxyl groups excluding tert-OH is 1. The first-order valence-corrected chi connectivity index (χ1v) is 15.1. The number of anilines is 1. The summed E-state index contributed by atoms with van der Waals surface area (Å²) in [5.74, 6) is -0.380. The molecule has 4 aromatic heterocycles. The van der Waals surface area contributed by atoms with Crippen LogP contribution in [-0.4, -0.2) is 56.9 Å². The first-order chi connectivity index (χ1) is 22.2. The van der Waals surface area contributed by atoms with Crippen molar-refractivity contribution in [2.45, 2.75) is 51.6 Å². The summed E-state index contributed by atoms with van der Waals surface area (Å²) in [6.07, 6.45) is 5.62. The van der Waals surface area contributed by atoms with Crippen molar-refractivity contribution in [3.05, 3.63) is 88.1 Å². The number of hydrogen-bond donors (Lipinski definition) is 2. The highest BCUT2D eigenvalue weighted by atomic mass is 35.5. The molecular formula is C31H30ClF2N9O3. The van der Waals surface area contributed by atoms with Gasteiger partial charge in [0.1, 0.15) is 5.69 Å². The Hall–Kier alpha value is -4.82. The van der Waals surface area contributed by atoms with E-state index in [4.69, 9.17) is 11.6 Å². The third-order valence-corrected chi connectivity index (χ3v) is 8.24. The zero-order chi connectivity index (χ0) is 32.4. The maximum absolute atomic E-state index is 13.8. The Labute approximate surface area is 266 Å². The molecule has 2 unspecified atom stereocenters. The van der Waals surface area contributed by atoms with Crippen LogP contribution in [0.5, 0.6) is 0 Å². The van der Waals surface area contributed by atoms with Crippen molar-refractivity contribution < 1.29 is 18.7 Å². The van der Waals surface area contributed by atoms with Gasteiger partial charge in [0, 0.05) is 34.3 Å². The van der Waals surface area contributed by atoms with Crippen molar-refractivity contribution in [3.8, 4) is 28.2 Å². The Morgan fingerprint density at radius 3 is 2.70 bits per heavy atom. The number of carbonyl (C=O) groups is 1. The van der Waals surface area contributed by atoms with Crippen molar-refractivity contribution in [2.24, 2.45) is 5.92 Å². The maximum atomic E-state index is 13.8. The summed E-state index contributed by atoms with van der Waals surface area (Å²) in [6, 6.07) is 9.28. The van der Waals surface area contributed by atoms with E-state index in [1.165, 1.54) is 21.6 Å². The Bertz CT molecular complexity index is 1940. The smallest absolute Gasteiger partial charge is 0.283 e. The number of hydrogen-bond acceptors (Lipinski definition) is 8. The monoisotopic (exact) mass is 649 g/mol. The van der Waals surface area contributed by atoms with Gasteiger partial charge in [0.15, 0.2) is 0 Å². The molecule has 46 heavy (non-hydrogen) atoms. The third-order valence-electron chi connectivity index (χ3n) is 8.01. The van der Waals surface area contributed by atoms with Gasteiger partial charge in [-0.2, -0.15) is 5.10 Å². The molecule has 0 spiro atoms. The molecule has 0 fully saturated rings. The van der Waals surface area contributed by atoms with Crippen LogP contribution in [0.2, 0.25) is 5.02 Å². The summed E-state index contributed by atoms with van der Waals surface area (Å²) in [7, 11) is 0. The Morgan fingerprint density at radius 2 is 1.93 bits per heavy atom. The van der Waals surface area contributed by atoms with Crippen molar-refractivity contribution >= 4 is 23.2 Å². The SMILES string of the molecule is CC1CCCCC(n2cnc(-c3cc(Cl)ccc3-n3cc(C(F)F)nn3)cc2=O)c2cc(ccn2)-c2c(cnn2CCO)NC1=O. The van der Waals surface area contributed by atoms with Crippen molar-refractivity contribution in [2.75, 3.05) is 11.9 Å². The van der Waals surface area contributed by atoms with E-state index in [9.17, 15) is 23.5 Å². The molecule has 0 radical (unpaired) electrons. The molecule has 6 rings (SSSR count). The van der Waals surface area contributed by atoms with Gasteiger partial charge in [0.25, 0.3) is 12.0 Å². The Morgan fingerprint density at radius 1 is 1.11 bits per heavy atom. The fraction of sp³-hybridized carbons (Fsp3) is 0.323. The quantitative estimate of drug-likeness (QED) is 0.259. The summed E-state index contributed by atoms with van der Waals surface area (Å²) in [4.78, 5) is 36.0. The molecule has 5 heterocycles. The lowest BCUT2D eigenvalue weighted by atomic mass is 9.99. The fourth-order valence-corrected chi connectivity index (χ4v) is 5.80. The van der Waals surface area contributed by atoms with Crippen LogP contribution in [-0.2, 0) is 11.3 Å². The summed E-state index contributed by atoms with van der Waals surface area (Å²) in [5, 5.41) is 24.7. The molecule has 1 amide bonds. The summed E-state index contributed by atoms with van der Waals surface area (Å²) < 4.78 is 30.8. The number of rotatable bonds is 6. The Balaban J connectivity index is 1.42. The molecule has 0 aliphatic carbocycles. The number of pyridine rings is 1. The molecule has 15 heteroatoms. The summed E-state index contributed by atoms with van der Waals surface area (Å²) in [5.41, 5.74) is 2.67. The van der Waals surface area contributed by atoms with Gasteiger partial charge in [0.2, 0.25) is 5.91 Å². The van der Waals surface area contributed by atoms with Gasteiger partial charge in [-0.1, -0.05) is 36.6 Å². The lowest BCUT2D eigenvalue weighted by molar-refractivity contribution is -0.119. The van der Waals surface area contributed by atoms with E-state index in [1.54, 1.807) is 41.3 Å². The van der Waals surface area contributed by atoms with Gasteiger partial charge in [-0.15, -0.1) is 5.10 Å². The third kappa shape index (κ3) is 6.30. The number of nitrogens with one attached hydrogen (secondary N) is 1. The normalized spacial score (nSPS) is 17.1. The second kappa shape index (κ2) is 13.3.